The fourth-order valence-corrected chi connectivity index (χ4v) is 3.66. The number of ether oxygens (including phenoxy) is 1. The van der Waals surface area contributed by atoms with Crippen molar-refractivity contribution in [3.63, 3.8) is 0 Å². The molecule has 3 heterocycles. The molecule has 1 N–H and O–H groups in total. The molecule has 0 spiro atoms. The van der Waals surface area contributed by atoms with Gasteiger partial charge in [0.25, 0.3) is 0 Å². The average molecular weight is 354 g/mol. The van der Waals surface area contributed by atoms with Crippen LogP contribution in [0.15, 0.2) is 28.9 Å². The number of H-pyrrole nitrogens is 1. The Kier molecular flexibility index (Phi) is 4.36. The van der Waals surface area contributed by atoms with Gasteiger partial charge in [-0.15, -0.1) is 0 Å². The van der Waals surface area contributed by atoms with E-state index in [0.717, 1.165) is 35.1 Å². The van der Waals surface area contributed by atoms with Crippen LogP contribution in [0.1, 0.15) is 36.0 Å². The number of nitrogens with zero attached hydrogens (tertiary/aromatic N) is 3. The minimum absolute atomic E-state index is 0.136. The van der Waals surface area contributed by atoms with Gasteiger partial charge in [-0.05, 0) is 37.5 Å². The van der Waals surface area contributed by atoms with Crippen LogP contribution in [-0.2, 0) is 11.2 Å². The third-order valence-electron chi connectivity index (χ3n) is 5.05. The number of aryl methyl sites for hydroxylation is 1. The number of carbonyl (C=O) groups is 1. The van der Waals surface area contributed by atoms with Crippen LogP contribution < -0.4 is 4.74 Å². The summed E-state index contributed by atoms with van der Waals surface area (Å²) in [7, 11) is 1.65. The van der Waals surface area contributed by atoms with Crippen molar-refractivity contribution in [1.29, 1.82) is 0 Å². The second-order valence-corrected chi connectivity index (χ2v) is 6.71. The molecule has 4 rings (SSSR count). The van der Waals surface area contributed by atoms with Crippen LogP contribution in [0.3, 0.4) is 0 Å². The Bertz CT molecular complexity index is 922. The topological polar surface area (TPSA) is 84.3 Å². The van der Waals surface area contributed by atoms with E-state index in [2.05, 4.69) is 15.1 Å². The van der Waals surface area contributed by atoms with Crippen LogP contribution in [0.25, 0.3) is 10.9 Å². The predicted octanol–water partition coefficient (Wildman–Crippen LogP) is 2.82. The second-order valence-electron chi connectivity index (χ2n) is 6.71. The number of benzene rings is 1. The molecule has 136 valence electrons. The van der Waals surface area contributed by atoms with Gasteiger partial charge in [-0.1, -0.05) is 11.2 Å². The number of carbonyl (C=O) groups excluding carboxylic acids is 1. The maximum absolute atomic E-state index is 12.8. The van der Waals surface area contributed by atoms with Gasteiger partial charge < -0.3 is 19.1 Å². The van der Waals surface area contributed by atoms with Gasteiger partial charge in [0.2, 0.25) is 11.8 Å². The normalized spacial score (nSPS) is 15.5. The Labute approximate surface area is 151 Å². The first-order chi connectivity index (χ1) is 12.7. The van der Waals surface area contributed by atoms with Gasteiger partial charge in [-0.3, -0.25) is 4.79 Å². The highest BCUT2D eigenvalue weighted by molar-refractivity contribution is 5.93. The quantitative estimate of drug-likeness (QED) is 0.779. The molecule has 0 unspecified atom stereocenters. The van der Waals surface area contributed by atoms with Gasteiger partial charge in [-0.25, -0.2) is 0 Å². The third-order valence-corrected chi connectivity index (χ3v) is 5.05. The Morgan fingerprint density at radius 2 is 2.19 bits per heavy atom. The van der Waals surface area contributed by atoms with Crippen molar-refractivity contribution in [2.24, 2.45) is 0 Å². The lowest BCUT2D eigenvalue weighted by Gasteiger charge is -2.30. The first-order valence-corrected chi connectivity index (χ1v) is 8.86. The summed E-state index contributed by atoms with van der Waals surface area (Å²) in [4.78, 5) is 22.2. The standard InChI is InChI=1S/C19H22N4O3/c1-12-21-19(26-22-12)13-6-8-23(9-7-13)17(24)10-14-11-20-15-4-3-5-16(25-2)18(14)15/h3-5,11,13,20H,6-10H2,1-2H3. The monoisotopic (exact) mass is 354 g/mol. The number of rotatable bonds is 4. The van der Waals surface area contributed by atoms with Crippen LogP contribution >= 0.6 is 0 Å². The lowest BCUT2D eigenvalue weighted by atomic mass is 9.96. The summed E-state index contributed by atoms with van der Waals surface area (Å²) in [5, 5.41) is 4.84. The molecule has 0 bridgehead atoms. The summed E-state index contributed by atoms with van der Waals surface area (Å²) in [5.74, 6) is 2.52. The molecule has 1 amide bonds. The molecule has 0 saturated carbocycles. The molecule has 0 atom stereocenters. The minimum atomic E-state index is 0.136. The number of hydrogen-bond donors (Lipinski definition) is 1. The second kappa shape index (κ2) is 6.82. The maximum atomic E-state index is 12.8. The zero-order chi connectivity index (χ0) is 18.1. The van der Waals surface area contributed by atoms with E-state index >= 15 is 0 Å². The first kappa shape index (κ1) is 16.6. The molecule has 7 heteroatoms. The average Bonchev–Trinajstić information content (AvgIpc) is 3.28. The molecule has 1 saturated heterocycles. The molecule has 1 aliphatic rings. The van der Waals surface area contributed by atoms with Gasteiger partial charge in [0, 0.05) is 36.1 Å². The van der Waals surface area contributed by atoms with Gasteiger partial charge in [0.1, 0.15) is 5.75 Å². The Morgan fingerprint density at radius 1 is 1.38 bits per heavy atom. The Hall–Kier alpha value is -2.83. The summed E-state index contributed by atoms with van der Waals surface area (Å²) in [6.07, 6.45) is 3.97. The van der Waals surface area contributed by atoms with Gasteiger partial charge in [-0.2, -0.15) is 4.98 Å². The molecule has 7 nitrogen and oxygen atoms in total. The number of amides is 1. The number of aromatic amines is 1. The molecule has 26 heavy (non-hydrogen) atoms. The summed E-state index contributed by atoms with van der Waals surface area (Å²) < 4.78 is 10.7. The van der Waals surface area contributed by atoms with E-state index in [-0.39, 0.29) is 11.8 Å². The number of fused-ring (bicyclic) bond motifs is 1. The Morgan fingerprint density at radius 3 is 2.88 bits per heavy atom. The first-order valence-electron chi connectivity index (χ1n) is 8.86. The number of likely N-dealkylation sites (tertiary alicyclic amines) is 1. The van der Waals surface area contributed by atoms with E-state index < -0.39 is 0 Å². The van der Waals surface area contributed by atoms with Crippen molar-refractivity contribution in [3.05, 3.63) is 41.7 Å². The third kappa shape index (κ3) is 3.05. The van der Waals surface area contributed by atoms with Gasteiger partial charge >= 0.3 is 0 Å². The maximum Gasteiger partial charge on any atom is 0.229 e. The summed E-state index contributed by atoms with van der Waals surface area (Å²) in [6, 6.07) is 5.85. The number of piperidine rings is 1. The molecule has 0 aliphatic carbocycles. The van der Waals surface area contributed by atoms with Crippen molar-refractivity contribution in [1.82, 2.24) is 20.0 Å². The fraction of sp³-hybridized carbons (Fsp3) is 0.421. The molecule has 1 aliphatic heterocycles. The number of aromatic nitrogens is 3. The van der Waals surface area contributed by atoms with Gasteiger partial charge in [0.05, 0.1) is 13.5 Å². The zero-order valence-corrected chi connectivity index (χ0v) is 15.0. The van der Waals surface area contributed by atoms with Crippen LogP contribution in [0.5, 0.6) is 5.75 Å². The lowest BCUT2D eigenvalue weighted by molar-refractivity contribution is -0.131. The minimum Gasteiger partial charge on any atom is -0.496 e. The number of nitrogens with one attached hydrogen (secondary N) is 1. The van der Waals surface area contributed by atoms with E-state index in [1.165, 1.54) is 0 Å². The largest absolute Gasteiger partial charge is 0.496 e. The van der Waals surface area contributed by atoms with Crippen LogP contribution in [0.2, 0.25) is 0 Å². The molecule has 0 radical (unpaired) electrons. The van der Waals surface area contributed by atoms with Crippen LogP contribution in [0.4, 0.5) is 0 Å². The SMILES string of the molecule is COc1cccc2[nH]cc(CC(=O)N3CCC(c4nc(C)no4)CC3)c12. The number of methoxy groups -OCH3 is 1. The molecular formula is C19H22N4O3. The van der Waals surface area contributed by atoms with Crippen molar-refractivity contribution >= 4 is 16.8 Å². The Balaban J connectivity index is 1.43. The highest BCUT2D eigenvalue weighted by Gasteiger charge is 2.27. The van der Waals surface area contributed by atoms with Crippen LogP contribution in [-0.4, -0.2) is 46.1 Å². The van der Waals surface area contributed by atoms with E-state index in [1.54, 1.807) is 7.11 Å². The van der Waals surface area contributed by atoms with E-state index in [1.807, 2.05) is 36.2 Å². The smallest absolute Gasteiger partial charge is 0.229 e. The van der Waals surface area contributed by atoms with Crippen LogP contribution in [0, 0.1) is 6.92 Å². The van der Waals surface area contributed by atoms with Crippen molar-refractivity contribution < 1.29 is 14.1 Å². The van der Waals surface area contributed by atoms with E-state index in [4.69, 9.17) is 9.26 Å². The molecule has 2 aromatic heterocycles. The number of hydrogen-bond acceptors (Lipinski definition) is 5. The van der Waals surface area contributed by atoms with E-state index in [9.17, 15) is 4.79 Å². The molecule has 1 fully saturated rings. The molecule has 1 aromatic carbocycles. The summed E-state index contributed by atoms with van der Waals surface area (Å²) >= 11 is 0. The predicted molar refractivity (Wildman–Crippen MR) is 96.1 cm³/mol. The molecular weight excluding hydrogens is 332 g/mol. The van der Waals surface area contributed by atoms with Crippen molar-refractivity contribution in [2.75, 3.05) is 20.2 Å². The highest BCUT2D eigenvalue weighted by atomic mass is 16.5. The van der Waals surface area contributed by atoms with Crippen molar-refractivity contribution in [2.45, 2.75) is 32.1 Å². The summed E-state index contributed by atoms with van der Waals surface area (Å²) in [5.41, 5.74) is 1.95. The van der Waals surface area contributed by atoms with Gasteiger partial charge in [0.15, 0.2) is 5.82 Å². The van der Waals surface area contributed by atoms with Crippen molar-refractivity contribution in [3.8, 4) is 5.75 Å². The highest BCUT2D eigenvalue weighted by Crippen LogP contribution is 2.30. The lowest BCUT2D eigenvalue weighted by Crippen LogP contribution is -2.38. The fourth-order valence-electron chi connectivity index (χ4n) is 3.66. The van der Waals surface area contributed by atoms with E-state index in [0.29, 0.717) is 31.2 Å². The zero-order valence-electron chi connectivity index (χ0n) is 15.0. The molecule has 3 aromatic rings. The summed E-state index contributed by atoms with van der Waals surface area (Å²) in [6.45, 7) is 3.25.